The number of carbonyl (C=O) groups is 1. The lowest BCUT2D eigenvalue weighted by Crippen LogP contribution is -2.59. The van der Waals surface area contributed by atoms with E-state index in [0.717, 1.165) is 37.7 Å². The standard InChI is InChI=1S/C28H46O5/c1-15(2)16(3)24(31)25(32)17(4)19-9-12-28(33)21-14-23(30)22-13-18(29)7-10-26(22,5)20(21)8-11-27(19,28)6/h14-20,22,24-25,29,31-33H,7-13H2,1-6H3/t16-,17+,18+,19-,20+,22-,24+,25+,26-,27-,28-/m1/s1. The average molecular weight is 463 g/mol. The molecule has 4 aliphatic carbocycles. The van der Waals surface area contributed by atoms with E-state index in [1.165, 1.54) is 0 Å². The van der Waals surface area contributed by atoms with E-state index in [1.54, 1.807) is 6.08 Å². The van der Waals surface area contributed by atoms with Gasteiger partial charge < -0.3 is 20.4 Å². The van der Waals surface area contributed by atoms with Crippen molar-refractivity contribution in [3.8, 4) is 0 Å². The summed E-state index contributed by atoms with van der Waals surface area (Å²) in [5.41, 5.74) is -0.780. The van der Waals surface area contributed by atoms with Crippen molar-refractivity contribution in [2.75, 3.05) is 0 Å². The van der Waals surface area contributed by atoms with Gasteiger partial charge in [0.15, 0.2) is 5.78 Å². The van der Waals surface area contributed by atoms with Crippen LogP contribution in [0.5, 0.6) is 0 Å². The Morgan fingerprint density at radius 1 is 0.939 bits per heavy atom. The molecule has 0 radical (unpaired) electrons. The van der Waals surface area contributed by atoms with Gasteiger partial charge in [0.2, 0.25) is 0 Å². The molecule has 0 spiro atoms. The molecule has 0 aliphatic heterocycles. The van der Waals surface area contributed by atoms with Crippen molar-refractivity contribution in [1.29, 1.82) is 0 Å². The summed E-state index contributed by atoms with van der Waals surface area (Å²) in [5.74, 6) is 0.257. The molecule has 0 heterocycles. The van der Waals surface area contributed by atoms with Crippen LogP contribution in [-0.4, -0.2) is 50.1 Å². The number of allylic oxidation sites excluding steroid dienone is 1. The highest BCUT2D eigenvalue weighted by molar-refractivity contribution is 5.95. The van der Waals surface area contributed by atoms with E-state index < -0.39 is 29.3 Å². The second kappa shape index (κ2) is 8.43. The van der Waals surface area contributed by atoms with E-state index >= 15 is 0 Å². The first kappa shape index (κ1) is 25.3. The highest BCUT2D eigenvalue weighted by Gasteiger charge is 2.66. The lowest BCUT2D eigenvalue weighted by Gasteiger charge is -2.60. The van der Waals surface area contributed by atoms with Crippen LogP contribution in [0.25, 0.3) is 0 Å². The Morgan fingerprint density at radius 3 is 2.24 bits per heavy atom. The molecule has 188 valence electrons. The molecule has 0 unspecified atom stereocenters. The minimum atomic E-state index is -1.05. The van der Waals surface area contributed by atoms with Crippen LogP contribution in [0, 0.1) is 46.3 Å². The predicted octanol–water partition coefficient (Wildman–Crippen LogP) is 3.87. The Kier molecular flexibility index (Phi) is 6.47. The Balaban J connectivity index is 1.64. The second-order valence-electron chi connectivity index (χ2n) is 12.9. The largest absolute Gasteiger partial charge is 0.393 e. The molecule has 33 heavy (non-hydrogen) atoms. The highest BCUT2D eigenvalue weighted by Crippen LogP contribution is 2.68. The third-order valence-corrected chi connectivity index (χ3v) is 11.3. The smallest absolute Gasteiger partial charge is 0.159 e. The summed E-state index contributed by atoms with van der Waals surface area (Å²) in [5, 5.41) is 44.5. The molecular weight excluding hydrogens is 416 g/mol. The van der Waals surface area contributed by atoms with Crippen molar-refractivity contribution in [1.82, 2.24) is 0 Å². The molecular formula is C28H46O5. The summed E-state index contributed by atoms with van der Waals surface area (Å²) in [6.07, 6.45) is 4.92. The summed E-state index contributed by atoms with van der Waals surface area (Å²) in [7, 11) is 0. The SMILES string of the molecule is CC(C)[C@@H](C)[C@H](O)[C@@H](O)[C@@H](C)[C@H]1CC[C@@]2(O)C3=CC(=O)[C@H]4C[C@@H](O)CC[C@]4(C)[C@H]3CC[C@]12C. The van der Waals surface area contributed by atoms with Crippen molar-refractivity contribution in [2.24, 2.45) is 46.3 Å². The van der Waals surface area contributed by atoms with Crippen LogP contribution in [0.1, 0.15) is 86.5 Å². The van der Waals surface area contributed by atoms with Gasteiger partial charge in [-0.3, -0.25) is 4.79 Å². The Labute approximate surface area is 199 Å². The van der Waals surface area contributed by atoms with Crippen LogP contribution < -0.4 is 0 Å². The van der Waals surface area contributed by atoms with Gasteiger partial charge in [-0.2, -0.15) is 0 Å². The minimum absolute atomic E-state index is 0.0107. The molecule has 11 atom stereocenters. The molecule has 4 N–H and O–H groups in total. The fraction of sp³-hybridized carbons (Fsp3) is 0.893. The van der Waals surface area contributed by atoms with E-state index in [1.807, 2.05) is 13.8 Å². The van der Waals surface area contributed by atoms with Gasteiger partial charge in [0.1, 0.15) is 0 Å². The number of ketones is 1. The van der Waals surface area contributed by atoms with Gasteiger partial charge in [-0.15, -0.1) is 0 Å². The van der Waals surface area contributed by atoms with E-state index in [9.17, 15) is 25.2 Å². The van der Waals surface area contributed by atoms with Gasteiger partial charge in [-0.05, 0) is 91.6 Å². The molecule has 0 amide bonds. The van der Waals surface area contributed by atoms with Gasteiger partial charge in [-0.25, -0.2) is 0 Å². The zero-order valence-electron chi connectivity index (χ0n) is 21.4. The predicted molar refractivity (Wildman–Crippen MR) is 128 cm³/mol. The molecule has 0 aromatic rings. The number of fused-ring (bicyclic) bond motifs is 5. The maximum absolute atomic E-state index is 13.2. The molecule has 0 saturated heterocycles. The fourth-order valence-electron chi connectivity index (χ4n) is 8.45. The highest BCUT2D eigenvalue weighted by atomic mass is 16.3. The number of hydrogen-bond donors (Lipinski definition) is 4. The number of aliphatic hydroxyl groups excluding tert-OH is 3. The number of hydrogen-bond acceptors (Lipinski definition) is 5. The Morgan fingerprint density at radius 2 is 1.61 bits per heavy atom. The van der Waals surface area contributed by atoms with Gasteiger partial charge in [0, 0.05) is 11.3 Å². The summed E-state index contributed by atoms with van der Waals surface area (Å²) in [4.78, 5) is 13.2. The lowest BCUT2D eigenvalue weighted by molar-refractivity contribution is -0.144. The molecule has 4 aliphatic rings. The second-order valence-corrected chi connectivity index (χ2v) is 12.9. The number of aliphatic hydroxyl groups is 4. The van der Waals surface area contributed by atoms with Crippen molar-refractivity contribution in [3.63, 3.8) is 0 Å². The minimum Gasteiger partial charge on any atom is -0.393 e. The van der Waals surface area contributed by atoms with E-state index in [2.05, 4.69) is 27.7 Å². The van der Waals surface area contributed by atoms with Crippen LogP contribution in [-0.2, 0) is 4.79 Å². The van der Waals surface area contributed by atoms with Crippen molar-refractivity contribution in [3.05, 3.63) is 11.6 Å². The summed E-state index contributed by atoms with van der Waals surface area (Å²) in [6, 6.07) is 0. The van der Waals surface area contributed by atoms with E-state index in [0.29, 0.717) is 12.8 Å². The lowest BCUT2D eigenvalue weighted by atomic mass is 9.46. The molecule has 0 bridgehead atoms. The Bertz CT molecular complexity index is 806. The molecule has 0 aromatic carbocycles. The zero-order valence-corrected chi connectivity index (χ0v) is 21.4. The average Bonchev–Trinajstić information content (AvgIpc) is 3.04. The molecule has 3 fully saturated rings. The third kappa shape index (κ3) is 3.59. The molecule has 5 heteroatoms. The summed E-state index contributed by atoms with van der Waals surface area (Å²) >= 11 is 0. The maximum atomic E-state index is 13.2. The third-order valence-electron chi connectivity index (χ3n) is 11.3. The van der Waals surface area contributed by atoms with Gasteiger partial charge in [-0.1, -0.05) is 41.5 Å². The number of rotatable bonds is 5. The van der Waals surface area contributed by atoms with Crippen molar-refractivity contribution < 1.29 is 25.2 Å². The monoisotopic (exact) mass is 462 g/mol. The first-order chi connectivity index (χ1) is 15.3. The van der Waals surface area contributed by atoms with Crippen LogP contribution >= 0.6 is 0 Å². The fourth-order valence-corrected chi connectivity index (χ4v) is 8.45. The van der Waals surface area contributed by atoms with Crippen molar-refractivity contribution in [2.45, 2.75) is 110 Å². The maximum Gasteiger partial charge on any atom is 0.159 e. The van der Waals surface area contributed by atoms with Gasteiger partial charge in [0.05, 0.1) is 23.9 Å². The van der Waals surface area contributed by atoms with Crippen molar-refractivity contribution >= 4 is 5.78 Å². The van der Waals surface area contributed by atoms with Crippen LogP contribution in [0.2, 0.25) is 0 Å². The van der Waals surface area contributed by atoms with Gasteiger partial charge in [0.25, 0.3) is 0 Å². The molecule has 3 saturated carbocycles. The first-order valence-corrected chi connectivity index (χ1v) is 13.3. The topological polar surface area (TPSA) is 98.0 Å². The van der Waals surface area contributed by atoms with Crippen LogP contribution in [0.3, 0.4) is 0 Å². The molecule has 4 rings (SSSR count). The molecule has 5 nitrogen and oxygen atoms in total. The quantitative estimate of drug-likeness (QED) is 0.497. The van der Waals surface area contributed by atoms with Gasteiger partial charge >= 0.3 is 0 Å². The summed E-state index contributed by atoms with van der Waals surface area (Å²) in [6.45, 7) is 12.5. The first-order valence-electron chi connectivity index (χ1n) is 13.3. The summed E-state index contributed by atoms with van der Waals surface area (Å²) < 4.78 is 0. The Hall–Kier alpha value is -0.750. The molecule has 0 aromatic heterocycles. The van der Waals surface area contributed by atoms with Crippen LogP contribution in [0.4, 0.5) is 0 Å². The van der Waals surface area contributed by atoms with E-state index in [4.69, 9.17) is 0 Å². The zero-order chi connectivity index (χ0) is 24.5. The number of carbonyl (C=O) groups excluding carboxylic acids is 1. The van der Waals surface area contributed by atoms with Crippen LogP contribution in [0.15, 0.2) is 11.6 Å². The normalized spacial score (nSPS) is 46.6. The van der Waals surface area contributed by atoms with E-state index in [-0.39, 0.29) is 46.7 Å².